The summed E-state index contributed by atoms with van der Waals surface area (Å²) < 4.78 is 0. The molecular weight excluding hydrogens is 476 g/mol. The predicted molar refractivity (Wildman–Crippen MR) is 130 cm³/mol. The number of Topliss-reactive ketones (excluding diaryl/α,β-unsaturated/α-hetero) is 2. The number of hydrogen-bond donors (Lipinski definition) is 5. The molecule has 4 aliphatic carbocycles. The van der Waals surface area contributed by atoms with Crippen LogP contribution >= 0.6 is 0 Å². The molecule has 4 aliphatic rings. The van der Waals surface area contributed by atoms with Crippen LogP contribution in [0.15, 0.2) is 48.6 Å². The number of phenols is 5. The van der Waals surface area contributed by atoms with Gasteiger partial charge in [0, 0.05) is 36.1 Å². The molecule has 0 saturated heterocycles. The fraction of sp³-hybridized carbons (Fsp3) is 0.138. The largest absolute Gasteiger partial charge is 0.508 e. The zero-order valence-corrected chi connectivity index (χ0v) is 19.1. The molecule has 0 bridgehead atoms. The minimum atomic E-state index is -1.47. The van der Waals surface area contributed by atoms with Gasteiger partial charge in [0.15, 0.2) is 17.3 Å². The van der Waals surface area contributed by atoms with Crippen LogP contribution in [0.5, 0.6) is 28.7 Å². The Morgan fingerprint density at radius 3 is 2.16 bits per heavy atom. The first-order valence-corrected chi connectivity index (χ1v) is 11.7. The molecule has 0 radical (unpaired) electrons. The van der Waals surface area contributed by atoms with Gasteiger partial charge in [-0.3, -0.25) is 14.4 Å². The molecule has 8 nitrogen and oxygen atoms in total. The Morgan fingerprint density at radius 2 is 1.41 bits per heavy atom. The van der Waals surface area contributed by atoms with Gasteiger partial charge in [-0.15, -0.1) is 0 Å². The van der Waals surface area contributed by atoms with E-state index < -0.39 is 40.2 Å². The highest BCUT2D eigenvalue weighted by molar-refractivity contribution is 6.24. The normalized spacial score (nSPS) is 22.7. The Balaban J connectivity index is 1.79. The second kappa shape index (κ2) is 6.67. The Bertz CT molecular complexity index is 1740. The SMILES string of the molecule is O=C1CC2CC(=O)c3c(O)cc(O)cc3C23C(=C2C=CC(=O)c4c(O)cc(O)c3c42)c2cccc(O)c21. The monoisotopic (exact) mass is 494 g/mol. The Hall–Kier alpha value is -4.85. The Kier molecular flexibility index (Phi) is 3.86. The quantitative estimate of drug-likeness (QED) is 0.315. The van der Waals surface area contributed by atoms with Gasteiger partial charge in [-0.25, -0.2) is 0 Å². The molecule has 2 unspecified atom stereocenters. The number of carbonyl (C=O) groups excluding carboxylic acids is 3. The maximum atomic E-state index is 13.6. The zero-order valence-electron chi connectivity index (χ0n) is 19.1. The highest BCUT2D eigenvalue weighted by Crippen LogP contribution is 2.68. The van der Waals surface area contributed by atoms with Crippen molar-refractivity contribution in [3.63, 3.8) is 0 Å². The number of allylic oxidation sites excluding steroid dienone is 4. The molecule has 0 saturated carbocycles. The van der Waals surface area contributed by atoms with Gasteiger partial charge in [0.1, 0.15) is 28.7 Å². The van der Waals surface area contributed by atoms with Crippen molar-refractivity contribution < 1.29 is 39.9 Å². The summed E-state index contributed by atoms with van der Waals surface area (Å²) in [7, 11) is 0. The molecule has 0 amide bonds. The molecule has 1 spiro atoms. The maximum Gasteiger partial charge on any atom is 0.190 e. The number of hydrogen-bond acceptors (Lipinski definition) is 8. The number of rotatable bonds is 0. The topological polar surface area (TPSA) is 152 Å². The highest BCUT2D eigenvalue weighted by atomic mass is 16.3. The van der Waals surface area contributed by atoms with E-state index in [1.54, 1.807) is 12.1 Å². The van der Waals surface area contributed by atoms with E-state index in [4.69, 9.17) is 0 Å². The molecule has 3 aromatic carbocycles. The van der Waals surface area contributed by atoms with Gasteiger partial charge in [-0.1, -0.05) is 18.2 Å². The molecule has 8 heteroatoms. The van der Waals surface area contributed by atoms with E-state index in [2.05, 4.69) is 0 Å². The van der Waals surface area contributed by atoms with Gasteiger partial charge in [0.25, 0.3) is 0 Å². The van der Waals surface area contributed by atoms with E-state index in [1.807, 2.05) is 0 Å². The average Bonchev–Trinajstić information content (AvgIpc) is 3.07. The van der Waals surface area contributed by atoms with Crippen LogP contribution in [0.1, 0.15) is 66.2 Å². The van der Waals surface area contributed by atoms with Gasteiger partial charge in [-0.2, -0.15) is 0 Å². The molecule has 37 heavy (non-hydrogen) atoms. The summed E-state index contributed by atoms with van der Waals surface area (Å²) in [6.07, 6.45) is 2.44. The third-order valence-electron chi connectivity index (χ3n) is 8.13. The molecule has 2 atom stereocenters. The molecule has 3 aromatic rings. The summed E-state index contributed by atoms with van der Waals surface area (Å²) in [6, 6.07) is 8.05. The molecule has 5 N–H and O–H groups in total. The van der Waals surface area contributed by atoms with Gasteiger partial charge in [-0.05, 0) is 46.4 Å². The van der Waals surface area contributed by atoms with Crippen molar-refractivity contribution in [2.75, 3.05) is 0 Å². The van der Waals surface area contributed by atoms with E-state index in [0.29, 0.717) is 16.7 Å². The van der Waals surface area contributed by atoms with Gasteiger partial charge in [0.05, 0.1) is 22.1 Å². The lowest BCUT2D eigenvalue weighted by Crippen LogP contribution is -2.42. The van der Waals surface area contributed by atoms with E-state index in [-0.39, 0.29) is 63.5 Å². The second-order valence-corrected chi connectivity index (χ2v) is 9.87. The van der Waals surface area contributed by atoms with E-state index in [9.17, 15) is 39.9 Å². The van der Waals surface area contributed by atoms with E-state index in [0.717, 1.165) is 12.1 Å². The lowest BCUT2D eigenvalue weighted by molar-refractivity contribution is 0.0882. The number of aromatic hydroxyl groups is 5. The number of ketones is 3. The van der Waals surface area contributed by atoms with Crippen molar-refractivity contribution in [2.45, 2.75) is 18.3 Å². The van der Waals surface area contributed by atoms with Crippen molar-refractivity contribution in [1.82, 2.24) is 0 Å². The van der Waals surface area contributed by atoms with Crippen molar-refractivity contribution in [3.05, 3.63) is 87.5 Å². The standard InChI is InChI=1S/C29H18O8/c30-12-8-15-25(20(35)9-12)19(34)7-11-6-18(33)23-13(2-1-3-16(23)31)27-14-4-5-17(32)26-21(36)10-22(37)28(24(14)26)29(11,15)27/h1-5,8-11,30-31,35-37H,6-7H2. The smallest absolute Gasteiger partial charge is 0.190 e. The molecule has 0 heterocycles. The molecule has 0 fully saturated rings. The van der Waals surface area contributed by atoms with Crippen LogP contribution in [0, 0.1) is 5.92 Å². The van der Waals surface area contributed by atoms with Crippen LogP contribution in [-0.2, 0) is 5.41 Å². The Morgan fingerprint density at radius 1 is 0.703 bits per heavy atom. The fourth-order valence-corrected chi connectivity index (χ4v) is 6.99. The molecule has 0 aromatic heterocycles. The van der Waals surface area contributed by atoms with Gasteiger partial charge >= 0.3 is 0 Å². The first-order chi connectivity index (χ1) is 17.7. The first kappa shape index (κ1) is 21.4. The Labute approximate surface area is 209 Å². The second-order valence-electron chi connectivity index (χ2n) is 9.87. The van der Waals surface area contributed by atoms with Crippen LogP contribution in [0.3, 0.4) is 0 Å². The van der Waals surface area contributed by atoms with Crippen molar-refractivity contribution >= 4 is 28.5 Å². The third-order valence-corrected chi connectivity index (χ3v) is 8.13. The van der Waals surface area contributed by atoms with Crippen molar-refractivity contribution in [2.24, 2.45) is 5.92 Å². The number of phenolic OH excluding ortho intramolecular Hbond substituents is 5. The van der Waals surface area contributed by atoms with Crippen LogP contribution < -0.4 is 0 Å². The van der Waals surface area contributed by atoms with Crippen LogP contribution in [-0.4, -0.2) is 42.9 Å². The van der Waals surface area contributed by atoms with Gasteiger partial charge < -0.3 is 25.5 Å². The van der Waals surface area contributed by atoms with E-state index in [1.165, 1.54) is 24.3 Å². The number of carbonyl (C=O) groups is 3. The lowest BCUT2D eigenvalue weighted by atomic mass is 9.56. The maximum absolute atomic E-state index is 13.6. The first-order valence-electron chi connectivity index (χ1n) is 11.7. The van der Waals surface area contributed by atoms with Crippen molar-refractivity contribution in [3.8, 4) is 28.7 Å². The van der Waals surface area contributed by atoms with Crippen LogP contribution in [0.25, 0.3) is 11.1 Å². The molecule has 182 valence electrons. The molecule has 0 aliphatic heterocycles. The highest BCUT2D eigenvalue weighted by Gasteiger charge is 2.60. The van der Waals surface area contributed by atoms with Crippen LogP contribution in [0.2, 0.25) is 0 Å². The lowest BCUT2D eigenvalue weighted by Gasteiger charge is -2.44. The summed E-state index contributed by atoms with van der Waals surface area (Å²) in [5, 5.41) is 54.2. The summed E-state index contributed by atoms with van der Waals surface area (Å²) in [4.78, 5) is 39.9. The molecule has 7 rings (SSSR count). The van der Waals surface area contributed by atoms with Crippen molar-refractivity contribution in [1.29, 1.82) is 0 Å². The fourth-order valence-electron chi connectivity index (χ4n) is 6.99. The minimum Gasteiger partial charge on any atom is -0.508 e. The number of benzene rings is 3. The van der Waals surface area contributed by atoms with Gasteiger partial charge in [0.2, 0.25) is 0 Å². The summed E-state index contributed by atoms with van der Waals surface area (Å²) in [6.45, 7) is 0. The number of fused-ring (bicyclic) bond motifs is 3. The summed E-state index contributed by atoms with van der Waals surface area (Å²) in [5.41, 5.74) is 0.336. The third kappa shape index (κ3) is 2.35. The predicted octanol–water partition coefficient (Wildman–Crippen LogP) is 3.97. The minimum absolute atomic E-state index is 0.0325. The summed E-state index contributed by atoms with van der Waals surface area (Å²) >= 11 is 0. The van der Waals surface area contributed by atoms with Crippen LogP contribution in [0.4, 0.5) is 0 Å². The summed E-state index contributed by atoms with van der Waals surface area (Å²) in [5.74, 6) is -3.97. The molecular formula is C29H18O8. The van der Waals surface area contributed by atoms with E-state index >= 15 is 0 Å². The average molecular weight is 494 g/mol. The zero-order chi connectivity index (χ0) is 26.0.